The average Bonchev–Trinajstić information content (AvgIpc) is 3.10. The highest BCUT2D eigenvalue weighted by molar-refractivity contribution is 7.89. The summed E-state index contributed by atoms with van der Waals surface area (Å²) >= 11 is 0. The highest BCUT2D eigenvalue weighted by Crippen LogP contribution is 2.26. The Morgan fingerprint density at radius 1 is 1.15 bits per heavy atom. The number of halogens is 1. The van der Waals surface area contributed by atoms with Crippen molar-refractivity contribution in [1.82, 2.24) is 14.5 Å². The molecule has 0 bridgehead atoms. The Labute approximate surface area is 168 Å². The zero-order valence-corrected chi connectivity index (χ0v) is 17.7. The lowest BCUT2D eigenvalue weighted by Gasteiger charge is -2.32. The molecule has 1 N–H and O–H groups in total. The number of likely N-dealkylation sites (tertiary alicyclic amines) is 1. The number of rotatable bonds is 5. The van der Waals surface area contributed by atoms with Crippen LogP contribution >= 0.6 is 12.4 Å². The van der Waals surface area contributed by atoms with Gasteiger partial charge in [-0.2, -0.15) is 4.31 Å². The molecule has 0 saturated carbocycles. The van der Waals surface area contributed by atoms with Crippen LogP contribution in [0, 0.1) is 5.92 Å². The van der Waals surface area contributed by atoms with Crippen molar-refractivity contribution in [2.75, 3.05) is 33.2 Å². The van der Waals surface area contributed by atoms with Crippen LogP contribution in [-0.2, 0) is 10.0 Å². The molecule has 0 spiro atoms. The number of nitrogens with zero attached hydrogens (tertiary/aromatic N) is 2. The predicted molar refractivity (Wildman–Crippen MR) is 109 cm³/mol. The van der Waals surface area contributed by atoms with Gasteiger partial charge in [-0.3, -0.25) is 4.79 Å². The molecule has 6 nitrogen and oxygen atoms in total. The molecule has 0 aliphatic carbocycles. The zero-order chi connectivity index (χ0) is 18.7. The van der Waals surface area contributed by atoms with Gasteiger partial charge < -0.3 is 10.2 Å². The van der Waals surface area contributed by atoms with E-state index in [4.69, 9.17) is 0 Å². The van der Waals surface area contributed by atoms with Crippen molar-refractivity contribution in [3.63, 3.8) is 0 Å². The highest BCUT2D eigenvalue weighted by atomic mass is 35.5. The summed E-state index contributed by atoms with van der Waals surface area (Å²) in [4.78, 5) is 14.8. The van der Waals surface area contributed by atoms with E-state index in [9.17, 15) is 13.2 Å². The summed E-state index contributed by atoms with van der Waals surface area (Å²) in [6.07, 6.45) is 3.89. The van der Waals surface area contributed by atoms with Gasteiger partial charge in [0, 0.05) is 31.2 Å². The quantitative estimate of drug-likeness (QED) is 0.801. The molecule has 2 atom stereocenters. The number of amides is 1. The van der Waals surface area contributed by atoms with Crippen LogP contribution < -0.4 is 5.32 Å². The maximum Gasteiger partial charge on any atom is 0.253 e. The molecule has 2 saturated heterocycles. The molecular weight excluding hydrogens is 386 g/mol. The van der Waals surface area contributed by atoms with Crippen LogP contribution in [0.15, 0.2) is 29.2 Å². The first-order valence-electron chi connectivity index (χ1n) is 9.49. The molecule has 1 aromatic rings. The van der Waals surface area contributed by atoms with Crippen LogP contribution in [0.5, 0.6) is 0 Å². The fourth-order valence-corrected chi connectivity index (χ4v) is 5.69. The van der Waals surface area contributed by atoms with E-state index in [0.717, 1.165) is 45.3 Å². The minimum Gasteiger partial charge on any atom is -0.338 e. The maximum absolute atomic E-state index is 12.9. The van der Waals surface area contributed by atoms with E-state index in [1.807, 2.05) is 18.9 Å². The maximum atomic E-state index is 12.9. The van der Waals surface area contributed by atoms with Gasteiger partial charge in [0.2, 0.25) is 10.0 Å². The van der Waals surface area contributed by atoms with Gasteiger partial charge in [-0.1, -0.05) is 6.42 Å². The minimum atomic E-state index is -3.49. The largest absolute Gasteiger partial charge is 0.338 e. The summed E-state index contributed by atoms with van der Waals surface area (Å²) in [7, 11) is -1.57. The SMILES string of the molecule is CNCC1CCN(C(=O)c2ccc(S(=O)(=O)N3CCCCC3C)cc2)C1.Cl. The summed E-state index contributed by atoms with van der Waals surface area (Å²) in [6, 6.07) is 6.48. The second-order valence-electron chi connectivity index (χ2n) is 7.45. The van der Waals surface area contributed by atoms with E-state index in [1.165, 1.54) is 0 Å². The number of nitrogens with one attached hydrogen (secondary N) is 1. The van der Waals surface area contributed by atoms with Crippen LogP contribution in [0.25, 0.3) is 0 Å². The standard InChI is InChI=1S/C19H29N3O3S.ClH/c1-15-5-3-4-11-22(15)26(24,25)18-8-6-17(7-9-18)19(23)21-12-10-16(14-21)13-20-2;/h6-9,15-16,20H,3-5,10-14H2,1-2H3;1H. The smallest absolute Gasteiger partial charge is 0.253 e. The lowest BCUT2D eigenvalue weighted by Crippen LogP contribution is -2.41. The Bertz CT molecular complexity index is 739. The van der Waals surface area contributed by atoms with E-state index < -0.39 is 10.0 Å². The van der Waals surface area contributed by atoms with Gasteiger partial charge in [0.05, 0.1) is 4.90 Å². The normalized spacial score (nSPS) is 23.9. The Morgan fingerprint density at radius 3 is 2.48 bits per heavy atom. The first kappa shape index (κ1) is 22.1. The predicted octanol–water partition coefficient (Wildman–Crippen LogP) is 2.35. The first-order chi connectivity index (χ1) is 12.4. The second-order valence-corrected chi connectivity index (χ2v) is 9.34. The van der Waals surface area contributed by atoms with E-state index in [0.29, 0.717) is 18.0 Å². The number of hydrogen-bond acceptors (Lipinski definition) is 4. The lowest BCUT2D eigenvalue weighted by atomic mass is 10.1. The molecule has 2 fully saturated rings. The number of sulfonamides is 1. The molecule has 3 rings (SSSR count). The molecule has 0 aromatic heterocycles. The third-order valence-corrected chi connectivity index (χ3v) is 7.54. The Balaban J connectivity index is 0.00000261. The Kier molecular flexibility index (Phi) is 7.68. The number of hydrogen-bond donors (Lipinski definition) is 1. The van der Waals surface area contributed by atoms with Crippen LogP contribution in [0.4, 0.5) is 0 Å². The van der Waals surface area contributed by atoms with Crippen molar-refractivity contribution in [2.24, 2.45) is 5.92 Å². The van der Waals surface area contributed by atoms with Crippen molar-refractivity contribution < 1.29 is 13.2 Å². The summed E-state index contributed by atoms with van der Waals surface area (Å²) in [5, 5.41) is 3.16. The summed E-state index contributed by atoms with van der Waals surface area (Å²) in [6.45, 7) is 4.96. The molecule has 2 aliphatic rings. The van der Waals surface area contributed by atoms with Crippen LogP contribution in [0.3, 0.4) is 0 Å². The molecular formula is C19H30ClN3O3S. The Hall–Kier alpha value is -1.15. The van der Waals surface area contributed by atoms with Crippen molar-refractivity contribution in [3.8, 4) is 0 Å². The summed E-state index contributed by atoms with van der Waals surface area (Å²) in [5.74, 6) is 0.475. The lowest BCUT2D eigenvalue weighted by molar-refractivity contribution is 0.0787. The average molecular weight is 416 g/mol. The third kappa shape index (κ3) is 4.83. The molecule has 2 heterocycles. The monoisotopic (exact) mass is 415 g/mol. The van der Waals surface area contributed by atoms with Gasteiger partial charge in [0.15, 0.2) is 0 Å². The zero-order valence-electron chi connectivity index (χ0n) is 16.1. The van der Waals surface area contributed by atoms with E-state index in [2.05, 4.69) is 5.32 Å². The molecule has 2 unspecified atom stereocenters. The molecule has 1 aromatic carbocycles. The topological polar surface area (TPSA) is 69.7 Å². The first-order valence-corrected chi connectivity index (χ1v) is 10.9. The van der Waals surface area contributed by atoms with Crippen molar-refractivity contribution >= 4 is 28.3 Å². The Morgan fingerprint density at radius 2 is 1.85 bits per heavy atom. The molecule has 27 heavy (non-hydrogen) atoms. The van der Waals surface area contributed by atoms with Crippen molar-refractivity contribution in [1.29, 1.82) is 0 Å². The fourth-order valence-electron chi connectivity index (χ4n) is 3.99. The van der Waals surface area contributed by atoms with Crippen LogP contribution in [-0.4, -0.2) is 62.8 Å². The van der Waals surface area contributed by atoms with Gasteiger partial charge in [-0.15, -0.1) is 12.4 Å². The van der Waals surface area contributed by atoms with Crippen molar-refractivity contribution in [3.05, 3.63) is 29.8 Å². The number of piperidine rings is 1. The third-order valence-electron chi connectivity index (χ3n) is 5.52. The number of carbonyl (C=O) groups excluding carboxylic acids is 1. The highest BCUT2D eigenvalue weighted by Gasteiger charge is 2.31. The van der Waals surface area contributed by atoms with Gasteiger partial charge >= 0.3 is 0 Å². The second kappa shape index (κ2) is 9.37. The number of benzene rings is 1. The van der Waals surface area contributed by atoms with Crippen molar-refractivity contribution in [2.45, 2.75) is 43.5 Å². The molecule has 1 amide bonds. The van der Waals surface area contributed by atoms with Crippen LogP contribution in [0.2, 0.25) is 0 Å². The van der Waals surface area contributed by atoms with Gasteiger partial charge in [0.25, 0.3) is 5.91 Å². The van der Waals surface area contributed by atoms with E-state index in [1.54, 1.807) is 28.6 Å². The molecule has 2 aliphatic heterocycles. The van der Waals surface area contributed by atoms with Gasteiger partial charge in [-0.25, -0.2) is 8.42 Å². The summed E-state index contributed by atoms with van der Waals surface area (Å²) < 4.78 is 27.3. The van der Waals surface area contributed by atoms with E-state index in [-0.39, 0.29) is 29.3 Å². The van der Waals surface area contributed by atoms with Gasteiger partial charge in [0.1, 0.15) is 0 Å². The molecule has 152 valence electrons. The molecule has 0 radical (unpaired) electrons. The van der Waals surface area contributed by atoms with E-state index >= 15 is 0 Å². The summed E-state index contributed by atoms with van der Waals surface area (Å²) in [5.41, 5.74) is 0.556. The van der Waals surface area contributed by atoms with Gasteiger partial charge in [-0.05, 0) is 70.0 Å². The minimum absolute atomic E-state index is 0. The number of carbonyl (C=O) groups is 1. The van der Waals surface area contributed by atoms with Crippen LogP contribution in [0.1, 0.15) is 43.0 Å². The fraction of sp³-hybridized carbons (Fsp3) is 0.632. The molecule has 8 heteroatoms.